The number of hydrogen-bond donors (Lipinski definition) is 0. The van der Waals surface area contributed by atoms with E-state index in [-0.39, 0.29) is 0 Å². The van der Waals surface area contributed by atoms with Crippen LogP contribution in [0.3, 0.4) is 0 Å². The van der Waals surface area contributed by atoms with Gasteiger partial charge in [0.15, 0.2) is 0 Å². The highest BCUT2D eigenvalue weighted by Crippen LogP contribution is 2.33. The summed E-state index contributed by atoms with van der Waals surface area (Å²) in [6, 6.07) is 10.3. The Morgan fingerprint density at radius 1 is 1.13 bits per heavy atom. The van der Waals surface area contributed by atoms with E-state index in [4.69, 9.17) is 0 Å². The van der Waals surface area contributed by atoms with E-state index in [1.165, 1.54) is 4.90 Å². The Balaban J connectivity index is 2.29. The van der Waals surface area contributed by atoms with Crippen molar-refractivity contribution in [1.29, 1.82) is 0 Å². The summed E-state index contributed by atoms with van der Waals surface area (Å²) in [4.78, 5) is 6.57. The molecule has 0 fully saturated rings. The summed E-state index contributed by atoms with van der Waals surface area (Å²) >= 11 is 5.30. The maximum atomic E-state index is 4.19. The highest BCUT2D eigenvalue weighted by atomic mass is 79.9. The Morgan fingerprint density at radius 2 is 1.87 bits per heavy atom. The van der Waals surface area contributed by atoms with Crippen LogP contribution in [0.5, 0.6) is 0 Å². The van der Waals surface area contributed by atoms with E-state index < -0.39 is 0 Å². The number of benzene rings is 1. The molecule has 0 saturated heterocycles. The first-order chi connectivity index (χ1) is 7.27. The van der Waals surface area contributed by atoms with Crippen molar-refractivity contribution >= 4 is 27.7 Å². The molecule has 0 atom stereocenters. The zero-order chi connectivity index (χ0) is 10.7. The minimum absolute atomic E-state index is 1.13. The predicted molar refractivity (Wildman–Crippen MR) is 67.2 cm³/mol. The largest absolute Gasteiger partial charge is 0.263 e. The summed E-state index contributed by atoms with van der Waals surface area (Å²) in [5.74, 6) is 0. The number of aromatic nitrogens is 1. The van der Waals surface area contributed by atoms with Crippen LogP contribution in [0.15, 0.2) is 57.0 Å². The van der Waals surface area contributed by atoms with Crippen LogP contribution in [0.25, 0.3) is 0 Å². The number of hydrogen-bond acceptors (Lipinski definition) is 2. The van der Waals surface area contributed by atoms with Gasteiger partial charge in [-0.2, -0.15) is 0 Å². The van der Waals surface area contributed by atoms with Gasteiger partial charge in [-0.15, -0.1) is 0 Å². The number of rotatable bonds is 2. The molecule has 1 heterocycles. The average Bonchev–Trinajstić information content (AvgIpc) is 2.26. The van der Waals surface area contributed by atoms with Crippen molar-refractivity contribution in [3.05, 3.63) is 52.8 Å². The van der Waals surface area contributed by atoms with Crippen LogP contribution in [0, 0.1) is 6.92 Å². The van der Waals surface area contributed by atoms with Gasteiger partial charge >= 0.3 is 0 Å². The summed E-state index contributed by atoms with van der Waals surface area (Å²) < 4.78 is 1.13. The topological polar surface area (TPSA) is 12.9 Å². The van der Waals surface area contributed by atoms with Crippen molar-refractivity contribution in [2.24, 2.45) is 0 Å². The molecule has 0 aliphatic rings. The van der Waals surface area contributed by atoms with Crippen LogP contribution >= 0.6 is 27.7 Å². The van der Waals surface area contributed by atoms with Gasteiger partial charge in [-0.25, -0.2) is 0 Å². The third-order valence-corrected chi connectivity index (χ3v) is 4.35. The number of halogens is 1. The molecule has 0 spiro atoms. The maximum absolute atomic E-state index is 4.19. The highest BCUT2D eigenvalue weighted by molar-refractivity contribution is 9.10. The summed E-state index contributed by atoms with van der Waals surface area (Å²) in [6.45, 7) is 2.05. The fourth-order valence-electron chi connectivity index (χ4n) is 1.21. The fourth-order valence-corrected chi connectivity index (χ4v) is 2.57. The van der Waals surface area contributed by atoms with Crippen molar-refractivity contribution < 1.29 is 0 Å². The number of aryl methyl sites for hydroxylation is 1. The van der Waals surface area contributed by atoms with E-state index in [0.29, 0.717) is 0 Å². The normalized spacial score (nSPS) is 10.3. The molecule has 1 aromatic heterocycles. The molecule has 0 radical (unpaired) electrons. The molecule has 1 nitrogen and oxygen atoms in total. The molecule has 1 aromatic carbocycles. The monoisotopic (exact) mass is 279 g/mol. The van der Waals surface area contributed by atoms with Gasteiger partial charge in [-0.05, 0) is 40.5 Å². The Bertz CT molecular complexity index is 456. The molecule has 2 aromatic rings. The first-order valence-corrected chi connectivity index (χ1v) is 6.21. The lowest BCUT2D eigenvalue weighted by Crippen LogP contribution is -1.83. The van der Waals surface area contributed by atoms with Gasteiger partial charge in [0.2, 0.25) is 0 Å². The van der Waals surface area contributed by atoms with Gasteiger partial charge in [0, 0.05) is 26.7 Å². The molecule has 0 aliphatic heterocycles. The molecule has 0 bridgehead atoms. The van der Waals surface area contributed by atoms with Gasteiger partial charge in [0.25, 0.3) is 0 Å². The molecule has 15 heavy (non-hydrogen) atoms. The van der Waals surface area contributed by atoms with E-state index in [9.17, 15) is 0 Å². The third kappa shape index (κ3) is 2.61. The quantitative estimate of drug-likeness (QED) is 0.813. The van der Waals surface area contributed by atoms with Crippen LogP contribution < -0.4 is 0 Å². The van der Waals surface area contributed by atoms with E-state index >= 15 is 0 Å². The van der Waals surface area contributed by atoms with E-state index in [1.807, 2.05) is 37.5 Å². The molecule has 76 valence electrons. The highest BCUT2D eigenvalue weighted by Gasteiger charge is 2.04. The third-order valence-electron chi connectivity index (χ3n) is 1.99. The van der Waals surface area contributed by atoms with Crippen molar-refractivity contribution in [3.8, 4) is 0 Å². The van der Waals surface area contributed by atoms with E-state index in [1.54, 1.807) is 11.8 Å². The average molecular weight is 280 g/mol. The molecule has 0 saturated carbocycles. The second-order valence-corrected chi connectivity index (χ2v) is 5.09. The van der Waals surface area contributed by atoms with E-state index in [0.717, 1.165) is 14.9 Å². The lowest BCUT2D eigenvalue weighted by molar-refractivity contribution is 1.16. The van der Waals surface area contributed by atoms with Crippen LogP contribution in [0.1, 0.15) is 5.56 Å². The summed E-state index contributed by atoms with van der Waals surface area (Å²) in [6.07, 6.45) is 3.74. The molecule has 2 rings (SSSR count). The van der Waals surface area contributed by atoms with Crippen molar-refractivity contribution in [3.63, 3.8) is 0 Å². The molecule has 3 heteroatoms. The lowest BCUT2D eigenvalue weighted by Gasteiger charge is -2.05. The molecule has 0 amide bonds. The minimum Gasteiger partial charge on any atom is -0.263 e. The molecule has 0 N–H and O–H groups in total. The Hall–Kier alpha value is -0.800. The lowest BCUT2D eigenvalue weighted by atomic mass is 10.3. The van der Waals surface area contributed by atoms with Crippen LogP contribution in [0.4, 0.5) is 0 Å². The summed E-state index contributed by atoms with van der Waals surface area (Å²) in [5.41, 5.74) is 1.16. The van der Waals surface area contributed by atoms with Gasteiger partial charge in [-0.1, -0.05) is 30.0 Å². The van der Waals surface area contributed by atoms with Crippen LogP contribution in [-0.4, -0.2) is 4.98 Å². The zero-order valence-electron chi connectivity index (χ0n) is 8.27. The van der Waals surface area contributed by atoms with Crippen molar-refractivity contribution in [2.45, 2.75) is 16.7 Å². The SMILES string of the molecule is Cc1cncc(Sc2ccccc2)c1Br. The smallest absolute Gasteiger partial charge is 0.0450 e. The molecule has 0 aliphatic carbocycles. The fraction of sp³-hybridized carbons (Fsp3) is 0.0833. The molecular weight excluding hydrogens is 270 g/mol. The standard InChI is InChI=1S/C12H10BrNS/c1-9-7-14-8-11(12(9)13)15-10-5-3-2-4-6-10/h2-8H,1H3. The Labute approximate surface area is 102 Å². The first-order valence-electron chi connectivity index (χ1n) is 4.60. The van der Waals surface area contributed by atoms with Gasteiger partial charge < -0.3 is 0 Å². The zero-order valence-corrected chi connectivity index (χ0v) is 10.7. The number of pyridine rings is 1. The minimum atomic E-state index is 1.13. The predicted octanol–water partition coefficient (Wildman–Crippen LogP) is 4.30. The van der Waals surface area contributed by atoms with Gasteiger partial charge in [0.05, 0.1) is 0 Å². The molecular formula is C12H10BrNS. The van der Waals surface area contributed by atoms with E-state index in [2.05, 4.69) is 33.0 Å². The van der Waals surface area contributed by atoms with Crippen LogP contribution in [-0.2, 0) is 0 Å². The second kappa shape index (κ2) is 4.81. The Morgan fingerprint density at radius 3 is 2.60 bits per heavy atom. The van der Waals surface area contributed by atoms with Crippen LogP contribution in [0.2, 0.25) is 0 Å². The molecule has 0 unspecified atom stereocenters. The van der Waals surface area contributed by atoms with Crippen molar-refractivity contribution in [1.82, 2.24) is 4.98 Å². The van der Waals surface area contributed by atoms with Gasteiger partial charge in [0.1, 0.15) is 0 Å². The summed E-state index contributed by atoms with van der Waals surface area (Å²) in [5, 5.41) is 0. The van der Waals surface area contributed by atoms with Crippen molar-refractivity contribution in [2.75, 3.05) is 0 Å². The summed E-state index contributed by atoms with van der Waals surface area (Å²) in [7, 11) is 0. The number of nitrogens with zero attached hydrogens (tertiary/aromatic N) is 1. The maximum Gasteiger partial charge on any atom is 0.0450 e. The second-order valence-electron chi connectivity index (χ2n) is 3.18. The Kier molecular flexibility index (Phi) is 3.44. The first kappa shape index (κ1) is 10.7. The van der Waals surface area contributed by atoms with Gasteiger partial charge in [-0.3, -0.25) is 4.98 Å².